The number of benzene rings is 1. The Morgan fingerprint density at radius 1 is 1.21 bits per heavy atom. The van der Waals surface area contributed by atoms with Gasteiger partial charge in [0.2, 0.25) is 0 Å². The van der Waals surface area contributed by atoms with Gasteiger partial charge < -0.3 is 4.74 Å². The lowest BCUT2D eigenvalue weighted by molar-refractivity contribution is -0.0375. The largest absolute Gasteiger partial charge is 0.370 e. The summed E-state index contributed by atoms with van der Waals surface area (Å²) in [5.74, 6) is 0.355. The van der Waals surface area contributed by atoms with E-state index in [1.807, 2.05) is 18.2 Å². The Bertz CT molecular complexity index is 948. The topological polar surface area (TPSA) is 58.6 Å². The van der Waals surface area contributed by atoms with Gasteiger partial charge in [0.25, 0.3) is 10.0 Å². The van der Waals surface area contributed by atoms with Crippen molar-refractivity contribution in [3.8, 4) is 0 Å². The molecule has 0 radical (unpaired) electrons. The van der Waals surface area contributed by atoms with Crippen molar-refractivity contribution in [2.24, 2.45) is 0 Å². The van der Waals surface area contributed by atoms with Crippen LogP contribution in [0.15, 0.2) is 64.0 Å². The van der Waals surface area contributed by atoms with Gasteiger partial charge in [0.1, 0.15) is 6.10 Å². The molecule has 1 fully saturated rings. The fourth-order valence-electron chi connectivity index (χ4n) is 3.31. The van der Waals surface area contributed by atoms with Crippen LogP contribution >= 0.6 is 0 Å². The van der Waals surface area contributed by atoms with E-state index in [0.717, 1.165) is 24.2 Å². The highest BCUT2D eigenvalue weighted by molar-refractivity contribution is 7.89. The van der Waals surface area contributed by atoms with Gasteiger partial charge in [0.05, 0.1) is 17.2 Å². The molecule has 0 spiro atoms. The van der Waals surface area contributed by atoms with Crippen molar-refractivity contribution in [2.75, 3.05) is 19.7 Å². The van der Waals surface area contributed by atoms with Crippen LogP contribution in [0.3, 0.4) is 0 Å². The number of hydrogen-bond donors (Lipinski definition) is 1. The zero-order valence-corrected chi connectivity index (χ0v) is 17.7. The number of ether oxygens (including phenoxy) is 1. The Kier molecular flexibility index (Phi) is 6.29. The number of likely N-dealkylation sites (N-methyl/N-ethyl adjacent to an activating group) is 1. The fourth-order valence-corrected chi connectivity index (χ4v) is 4.34. The second-order valence-corrected chi connectivity index (χ2v) is 9.22. The van der Waals surface area contributed by atoms with E-state index in [1.54, 1.807) is 18.2 Å². The summed E-state index contributed by atoms with van der Waals surface area (Å²) in [5, 5.41) is 0. The molecule has 1 aromatic carbocycles. The van der Waals surface area contributed by atoms with Crippen LogP contribution in [-0.4, -0.2) is 45.2 Å². The molecule has 1 aromatic rings. The third-order valence-electron chi connectivity index (χ3n) is 5.19. The summed E-state index contributed by atoms with van der Waals surface area (Å²) >= 11 is 0. The molecule has 0 saturated carbocycles. The van der Waals surface area contributed by atoms with Gasteiger partial charge in [-0.2, -0.15) is 0 Å². The lowest BCUT2D eigenvalue weighted by Crippen LogP contribution is -2.48. The molecule has 1 saturated heterocycles. The molecule has 1 aliphatic carbocycles. The van der Waals surface area contributed by atoms with E-state index in [2.05, 4.69) is 48.8 Å². The number of nitrogens with zero attached hydrogens (tertiary/aromatic N) is 1. The van der Waals surface area contributed by atoms with E-state index < -0.39 is 10.0 Å². The number of rotatable bonds is 6. The lowest BCUT2D eigenvalue weighted by Gasteiger charge is -2.37. The zero-order valence-electron chi connectivity index (χ0n) is 16.9. The van der Waals surface area contributed by atoms with E-state index in [-0.39, 0.29) is 11.0 Å². The Morgan fingerprint density at radius 2 is 1.93 bits per heavy atom. The van der Waals surface area contributed by atoms with Crippen molar-refractivity contribution in [3.05, 3.63) is 64.7 Å². The average Bonchev–Trinajstić information content (AvgIpc) is 2.69. The molecule has 6 heteroatoms. The number of morpholine rings is 1. The molecule has 5 nitrogen and oxygen atoms in total. The lowest BCUT2D eigenvalue weighted by atomic mass is 10.0. The van der Waals surface area contributed by atoms with Crippen molar-refractivity contribution in [3.63, 3.8) is 0 Å². The molecule has 0 bridgehead atoms. The molecule has 3 rings (SSSR count). The summed E-state index contributed by atoms with van der Waals surface area (Å²) in [6, 6.07) is 7.36. The highest BCUT2D eigenvalue weighted by Gasteiger charge is 2.27. The molecule has 28 heavy (non-hydrogen) atoms. The monoisotopic (exact) mass is 400 g/mol. The molecule has 2 aliphatic rings. The van der Waals surface area contributed by atoms with Crippen molar-refractivity contribution < 1.29 is 13.2 Å². The van der Waals surface area contributed by atoms with E-state index in [9.17, 15) is 8.42 Å². The predicted molar refractivity (Wildman–Crippen MR) is 110 cm³/mol. The molecular weight excluding hydrogens is 372 g/mol. The molecule has 0 amide bonds. The van der Waals surface area contributed by atoms with Gasteiger partial charge in [-0.15, -0.1) is 0 Å². The maximum atomic E-state index is 12.6. The van der Waals surface area contributed by atoms with Crippen molar-refractivity contribution in [1.82, 2.24) is 9.62 Å². The third-order valence-corrected chi connectivity index (χ3v) is 6.57. The van der Waals surface area contributed by atoms with Gasteiger partial charge >= 0.3 is 0 Å². The first-order chi connectivity index (χ1) is 13.3. The van der Waals surface area contributed by atoms with Gasteiger partial charge in [0, 0.05) is 18.2 Å². The van der Waals surface area contributed by atoms with Crippen LogP contribution in [0.5, 0.6) is 0 Å². The summed E-state index contributed by atoms with van der Waals surface area (Å²) in [4.78, 5) is 2.59. The first kappa shape index (κ1) is 20.7. The summed E-state index contributed by atoms with van der Waals surface area (Å²) in [6.45, 7) is 10.9. The normalized spacial score (nSPS) is 22.9. The molecule has 2 atom stereocenters. The quantitative estimate of drug-likeness (QED) is 0.744. The van der Waals surface area contributed by atoms with Crippen molar-refractivity contribution >= 4 is 10.0 Å². The number of nitrogens with one attached hydrogen (secondary N) is 1. The van der Waals surface area contributed by atoms with Gasteiger partial charge in [0.15, 0.2) is 0 Å². The second kappa shape index (κ2) is 8.52. The van der Waals surface area contributed by atoms with Gasteiger partial charge in [-0.3, -0.25) is 9.62 Å². The molecule has 1 heterocycles. The smallest absolute Gasteiger partial charge is 0.262 e. The minimum atomic E-state index is -3.65. The molecule has 1 aliphatic heterocycles. The average molecular weight is 401 g/mol. The number of allylic oxidation sites excluding steroid dienone is 1. The minimum absolute atomic E-state index is 0.0679. The SMILES string of the molecule is CCN1CC(C2=C=C=C(NS(=O)(=O)c3ccc(C(C)C)cc3)C=C2)OC[C@@H]1C. The van der Waals surface area contributed by atoms with Crippen LogP contribution in [0.4, 0.5) is 0 Å². The molecule has 1 N–H and O–H groups in total. The van der Waals surface area contributed by atoms with Crippen LogP contribution in [0.25, 0.3) is 0 Å². The summed E-state index contributed by atoms with van der Waals surface area (Å²) in [5.41, 5.74) is 8.34. The van der Waals surface area contributed by atoms with Gasteiger partial charge in [-0.25, -0.2) is 8.42 Å². The van der Waals surface area contributed by atoms with E-state index in [4.69, 9.17) is 4.74 Å². The highest BCUT2D eigenvalue weighted by Crippen LogP contribution is 2.21. The second-order valence-electron chi connectivity index (χ2n) is 7.54. The fraction of sp³-hybridized carbons (Fsp3) is 0.455. The Morgan fingerprint density at radius 3 is 2.50 bits per heavy atom. The number of sulfonamides is 1. The van der Waals surface area contributed by atoms with E-state index >= 15 is 0 Å². The first-order valence-corrected chi connectivity index (χ1v) is 11.2. The Hall–Kier alpha value is -2.07. The maximum Gasteiger partial charge on any atom is 0.262 e. The van der Waals surface area contributed by atoms with Crippen LogP contribution < -0.4 is 4.72 Å². The molecule has 0 aromatic heterocycles. The molecule has 1 unspecified atom stereocenters. The van der Waals surface area contributed by atoms with Gasteiger partial charge in [-0.05, 0) is 55.0 Å². The third kappa shape index (κ3) is 4.67. The summed E-state index contributed by atoms with van der Waals surface area (Å²) in [7, 11) is -3.65. The predicted octanol–water partition coefficient (Wildman–Crippen LogP) is 3.33. The summed E-state index contributed by atoms with van der Waals surface area (Å²) in [6.07, 6.45) is 3.50. The van der Waals surface area contributed by atoms with Crippen LogP contribution in [-0.2, 0) is 14.8 Å². The first-order valence-electron chi connectivity index (χ1n) is 9.72. The standard InChI is InChI=1S/C22H28N2O3S/c1-5-24-14-22(27-15-17(24)4)19-6-10-20(11-7-19)23-28(25,26)21-12-8-18(9-13-21)16(2)3/h6,8-10,12-13,16-17,22-23H,5,14-15H2,1-4H3/t17-,22?/m0/s1. The van der Waals surface area contributed by atoms with E-state index in [0.29, 0.717) is 24.3 Å². The Balaban J connectivity index is 1.76. The molecular formula is C22H28N2O3S. The molecule has 150 valence electrons. The van der Waals surface area contributed by atoms with Crippen LogP contribution in [0.1, 0.15) is 39.2 Å². The van der Waals surface area contributed by atoms with Crippen molar-refractivity contribution in [2.45, 2.75) is 50.7 Å². The maximum absolute atomic E-state index is 12.6. The zero-order chi connectivity index (χ0) is 20.3. The van der Waals surface area contributed by atoms with E-state index in [1.165, 1.54) is 0 Å². The Labute approximate surface area is 168 Å². The van der Waals surface area contributed by atoms with Crippen LogP contribution in [0.2, 0.25) is 0 Å². The van der Waals surface area contributed by atoms with Gasteiger partial charge in [-0.1, -0.05) is 38.6 Å². The number of hydrogen-bond acceptors (Lipinski definition) is 4. The highest BCUT2D eigenvalue weighted by atomic mass is 32.2. The summed E-state index contributed by atoms with van der Waals surface area (Å²) < 4.78 is 33.7. The van der Waals surface area contributed by atoms with Crippen LogP contribution in [0, 0.1) is 0 Å². The van der Waals surface area contributed by atoms with Crippen molar-refractivity contribution in [1.29, 1.82) is 0 Å². The minimum Gasteiger partial charge on any atom is -0.370 e.